The van der Waals surface area contributed by atoms with E-state index in [9.17, 15) is 0 Å². The zero-order chi connectivity index (χ0) is 10.7. The van der Waals surface area contributed by atoms with Crippen LogP contribution in [0.5, 0.6) is 0 Å². The summed E-state index contributed by atoms with van der Waals surface area (Å²) in [6, 6.07) is 0. The van der Waals surface area contributed by atoms with E-state index in [4.69, 9.17) is 10.5 Å². The third kappa shape index (κ3) is 2.19. The molecular formula is C12H24N2O. The van der Waals surface area contributed by atoms with Crippen molar-refractivity contribution >= 4 is 0 Å². The normalized spacial score (nSPS) is 32.0. The lowest BCUT2D eigenvalue weighted by Gasteiger charge is -2.44. The standard InChI is InChI=1S/C12H24N2O/c1-15-11-5-8-14(9-11)12(10-13)6-3-2-4-7-12/h11H,2-10,13H2,1H3. The SMILES string of the molecule is COC1CCN(C2(CN)CCCCC2)C1. The van der Waals surface area contributed by atoms with Crippen LogP contribution in [0.1, 0.15) is 38.5 Å². The topological polar surface area (TPSA) is 38.5 Å². The number of hydrogen-bond acceptors (Lipinski definition) is 3. The summed E-state index contributed by atoms with van der Waals surface area (Å²) in [5.74, 6) is 0. The first-order valence-electron chi connectivity index (χ1n) is 6.29. The van der Waals surface area contributed by atoms with Crippen molar-refractivity contribution in [1.29, 1.82) is 0 Å². The molecule has 0 aromatic rings. The highest BCUT2D eigenvalue weighted by Gasteiger charge is 2.40. The van der Waals surface area contributed by atoms with Crippen LogP contribution in [0.25, 0.3) is 0 Å². The first-order valence-corrected chi connectivity index (χ1v) is 6.29. The largest absolute Gasteiger partial charge is 0.380 e. The molecule has 2 rings (SSSR count). The maximum absolute atomic E-state index is 6.02. The zero-order valence-electron chi connectivity index (χ0n) is 9.87. The molecule has 1 aliphatic carbocycles. The predicted octanol–water partition coefficient (Wildman–Crippen LogP) is 1.37. The Labute approximate surface area is 93.0 Å². The smallest absolute Gasteiger partial charge is 0.0710 e. The monoisotopic (exact) mass is 212 g/mol. The van der Waals surface area contributed by atoms with Crippen LogP contribution in [0.4, 0.5) is 0 Å². The van der Waals surface area contributed by atoms with Crippen molar-refractivity contribution in [3.05, 3.63) is 0 Å². The predicted molar refractivity (Wildman–Crippen MR) is 61.9 cm³/mol. The number of hydrogen-bond donors (Lipinski definition) is 1. The highest BCUT2D eigenvalue weighted by atomic mass is 16.5. The van der Waals surface area contributed by atoms with Crippen LogP contribution in [0.2, 0.25) is 0 Å². The Morgan fingerprint density at radius 3 is 2.60 bits per heavy atom. The summed E-state index contributed by atoms with van der Waals surface area (Å²) in [5.41, 5.74) is 6.33. The van der Waals surface area contributed by atoms with Gasteiger partial charge in [0.2, 0.25) is 0 Å². The molecule has 1 aliphatic heterocycles. The molecular weight excluding hydrogens is 188 g/mol. The molecule has 0 radical (unpaired) electrons. The minimum atomic E-state index is 0.311. The fraction of sp³-hybridized carbons (Fsp3) is 1.00. The third-order valence-electron chi connectivity index (χ3n) is 4.31. The minimum absolute atomic E-state index is 0.311. The molecule has 3 nitrogen and oxygen atoms in total. The van der Waals surface area contributed by atoms with Gasteiger partial charge in [0.05, 0.1) is 6.10 Å². The quantitative estimate of drug-likeness (QED) is 0.768. The van der Waals surface area contributed by atoms with Gasteiger partial charge in [-0.1, -0.05) is 19.3 Å². The van der Waals surface area contributed by atoms with E-state index in [1.165, 1.54) is 45.1 Å². The molecule has 2 N–H and O–H groups in total. The molecule has 1 unspecified atom stereocenters. The van der Waals surface area contributed by atoms with Crippen LogP contribution < -0.4 is 5.73 Å². The van der Waals surface area contributed by atoms with Gasteiger partial charge in [-0.05, 0) is 19.3 Å². The average Bonchev–Trinajstić information content (AvgIpc) is 2.79. The fourth-order valence-electron chi connectivity index (χ4n) is 3.21. The first-order chi connectivity index (χ1) is 7.30. The van der Waals surface area contributed by atoms with Crippen molar-refractivity contribution in [2.45, 2.75) is 50.2 Å². The lowest BCUT2D eigenvalue weighted by molar-refractivity contribution is 0.0515. The Morgan fingerprint density at radius 2 is 2.07 bits per heavy atom. The molecule has 1 heterocycles. The zero-order valence-corrected chi connectivity index (χ0v) is 9.87. The molecule has 15 heavy (non-hydrogen) atoms. The summed E-state index contributed by atoms with van der Waals surface area (Å²) in [7, 11) is 1.82. The second-order valence-electron chi connectivity index (χ2n) is 5.08. The molecule has 0 spiro atoms. The summed E-state index contributed by atoms with van der Waals surface area (Å²) in [6.07, 6.45) is 8.30. The number of nitrogens with zero attached hydrogens (tertiary/aromatic N) is 1. The molecule has 1 saturated carbocycles. The molecule has 1 saturated heterocycles. The summed E-state index contributed by atoms with van der Waals surface area (Å²) in [5, 5.41) is 0. The molecule has 88 valence electrons. The molecule has 0 aromatic heterocycles. The maximum Gasteiger partial charge on any atom is 0.0710 e. The fourth-order valence-corrected chi connectivity index (χ4v) is 3.21. The van der Waals surface area contributed by atoms with Gasteiger partial charge in [0.25, 0.3) is 0 Å². The van der Waals surface area contributed by atoms with Gasteiger partial charge >= 0.3 is 0 Å². The van der Waals surface area contributed by atoms with Crippen LogP contribution in [0.15, 0.2) is 0 Å². The van der Waals surface area contributed by atoms with E-state index < -0.39 is 0 Å². The lowest BCUT2D eigenvalue weighted by atomic mass is 9.80. The number of ether oxygens (including phenoxy) is 1. The number of nitrogens with two attached hydrogens (primary N) is 1. The molecule has 1 atom stereocenters. The molecule has 0 aromatic carbocycles. The van der Waals surface area contributed by atoms with Crippen molar-refractivity contribution in [1.82, 2.24) is 4.90 Å². The van der Waals surface area contributed by atoms with Gasteiger partial charge in [-0.15, -0.1) is 0 Å². The van der Waals surface area contributed by atoms with Crippen molar-refractivity contribution in [3.8, 4) is 0 Å². The van der Waals surface area contributed by atoms with Crippen molar-refractivity contribution in [3.63, 3.8) is 0 Å². The van der Waals surface area contributed by atoms with E-state index in [-0.39, 0.29) is 0 Å². The van der Waals surface area contributed by atoms with Gasteiger partial charge in [0.15, 0.2) is 0 Å². The third-order valence-corrected chi connectivity index (χ3v) is 4.31. The Bertz CT molecular complexity index is 202. The molecule has 2 fully saturated rings. The van der Waals surface area contributed by atoms with E-state index >= 15 is 0 Å². The van der Waals surface area contributed by atoms with Crippen molar-refractivity contribution in [2.24, 2.45) is 5.73 Å². The van der Waals surface area contributed by atoms with E-state index in [0.29, 0.717) is 11.6 Å². The molecule has 3 heteroatoms. The van der Waals surface area contributed by atoms with Crippen LogP contribution in [0.3, 0.4) is 0 Å². The van der Waals surface area contributed by atoms with Crippen LogP contribution in [-0.2, 0) is 4.74 Å². The van der Waals surface area contributed by atoms with E-state index in [0.717, 1.165) is 13.1 Å². The Balaban J connectivity index is 1.99. The first kappa shape index (κ1) is 11.4. The van der Waals surface area contributed by atoms with Gasteiger partial charge in [-0.3, -0.25) is 4.90 Å². The highest BCUT2D eigenvalue weighted by Crippen LogP contribution is 2.35. The second-order valence-corrected chi connectivity index (χ2v) is 5.08. The maximum atomic E-state index is 6.02. The van der Waals surface area contributed by atoms with E-state index in [1.54, 1.807) is 0 Å². The summed E-state index contributed by atoms with van der Waals surface area (Å²) in [4.78, 5) is 2.60. The van der Waals surface area contributed by atoms with Crippen molar-refractivity contribution in [2.75, 3.05) is 26.7 Å². The van der Waals surface area contributed by atoms with Gasteiger partial charge in [-0.2, -0.15) is 0 Å². The van der Waals surface area contributed by atoms with Crippen molar-refractivity contribution < 1.29 is 4.74 Å². The molecule has 0 amide bonds. The Kier molecular flexibility index (Phi) is 3.65. The summed E-state index contributed by atoms with van der Waals surface area (Å²) < 4.78 is 5.44. The van der Waals surface area contributed by atoms with E-state index in [2.05, 4.69) is 4.90 Å². The Morgan fingerprint density at radius 1 is 1.33 bits per heavy atom. The van der Waals surface area contributed by atoms with Crippen LogP contribution in [0, 0.1) is 0 Å². The van der Waals surface area contributed by atoms with Gasteiger partial charge < -0.3 is 10.5 Å². The lowest BCUT2D eigenvalue weighted by Crippen LogP contribution is -2.54. The average molecular weight is 212 g/mol. The molecule has 2 aliphatic rings. The van der Waals surface area contributed by atoms with Crippen LogP contribution in [-0.4, -0.2) is 43.3 Å². The number of methoxy groups -OCH3 is 1. The van der Waals surface area contributed by atoms with Gasteiger partial charge in [0.1, 0.15) is 0 Å². The van der Waals surface area contributed by atoms with E-state index in [1.807, 2.05) is 7.11 Å². The van der Waals surface area contributed by atoms with Gasteiger partial charge in [0, 0.05) is 32.3 Å². The Hall–Kier alpha value is -0.120. The van der Waals surface area contributed by atoms with Gasteiger partial charge in [-0.25, -0.2) is 0 Å². The molecule has 0 bridgehead atoms. The van der Waals surface area contributed by atoms with Crippen LogP contribution >= 0.6 is 0 Å². The number of likely N-dealkylation sites (tertiary alicyclic amines) is 1. The second kappa shape index (κ2) is 4.81. The summed E-state index contributed by atoms with van der Waals surface area (Å²) in [6.45, 7) is 3.09. The minimum Gasteiger partial charge on any atom is -0.380 e. The summed E-state index contributed by atoms with van der Waals surface area (Å²) >= 11 is 0. The highest BCUT2D eigenvalue weighted by molar-refractivity contribution is 4.97. The number of rotatable bonds is 3.